The van der Waals surface area contributed by atoms with E-state index >= 15 is 0 Å². The minimum Gasteiger partial charge on any atom is -0.310 e. The van der Waals surface area contributed by atoms with Crippen molar-refractivity contribution in [2.45, 2.75) is 134 Å². The van der Waals surface area contributed by atoms with E-state index in [4.69, 9.17) is 0 Å². The number of fused-ring (bicyclic) bond motifs is 10. The first-order valence-electron chi connectivity index (χ1n) is 22.6. The lowest BCUT2D eigenvalue weighted by molar-refractivity contribution is -0.231. The fourth-order valence-electron chi connectivity index (χ4n) is 15.3. The van der Waals surface area contributed by atoms with Crippen LogP contribution < -0.4 is 4.90 Å². The first-order valence-corrected chi connectivity index (χ1v) is 22.6. The highest BCUT2D eigenvalue weighted by Crippen LogP contribution is 2.90. The molecule has 1 heteroatoms. The van der Waals surface area contributed by atoms with Gasteiger partial charge >= 0.3 is 0 Å². The lowest BCUT2D eigenvalue weighted by Crippen LogP contribution is -2.73. The molecule has 0 aliphatic heterocycles. The van der Waals surface area contributed by atoms with E-state index in [1.54, 1.807) is 11.1 Å². The van der Waals surface area contributed by atoms with Gasteiger partial charge in [0.2, 0.25) is 0 Å². The quantitative estimate of drug-likeness (QED) is 0.177. The summed E-state index contributed by atoms with van der Waals surface area (Å²) in [6.45, 7) is 19.8. The third-order valence-corrected chi connectivity index (χ3v) is 18.2. The smallest absolute Gasteiger partial charge is 0.0549 e. The average Bonchev–Trinajstić information content (AvgIpc) is 3.83. The molecule has 4 saturated carbocycles. The number of hydrogen-bond donors (Lipinski definition) is 0. The van der Waals surface area contributed by atoms with Crippen molar-refractivity contribution in [3.05, 3.63) is 137 Å². The van der Waals surface area contributed by atoms with E-state index in [0.717, 1.165) is 23.7 Å². The Labute approximate surface area is 342 Å². The topological polar surface area (TPSA) is 3.24 Å². The zero-order valence-corrected chi connectivity index (χ0v) is 35.7. The second-order valence-corrected chi connectivity index (χ2v) is 22.7. The van der Waals surface area contributed by atoms with Crippen LogP contribution >= 0.6 is 0 Å². The molecule has 0 heterocycles. The van der Waals surface area contributed by atoms with Crippen molar-refractivity contribution in [1.82, 2.24) is 0 Å². The Bertz CT molecular complexity index is 2450. The number of hydrogen-bond acceptors (Lipinski definition) is 1. The molecule has 12 rings (SSSR count). The summed E-state index contributed by atoms with van der Waals surface area (Å²) in [7, 11) is 0. The summed E-state index contributed by atoms with van der Waals surface area (Å²) in [6.07, 6.45) is 10.7. The van der Waals surface area contributed by atoms with Crippen LogP contribution in [0.25, 0.3) is 22.3 Å². The minimum absolute atomic E-state index is 0.113. The number of anilines is 3. The molecule has 6 unspecified atom stereocenters. The molecule has 290 valence electrons. The average molecular weight is 748 g/mol. The molecule has 7 aliphatic carbocycles. The number of rotatable bonds is 4. The van der Waals surface area contributed by atoms with Crippen LogP contribution in [0.1, 0.15) is 140 Å². The van der Waals surface area contributed by atoms with Crippen LogP contribution in [0.15, 0.2) is 103 Å². The molecule has 6 atom stereocenters. The van der Waals surface area contributed by atoms with Crippen LogP contribution in [-0.4, -0.2) is 0 Å². The molecule has 0 aromatic heterocycles. The van der Waals surface area contributed by atoms with Crippen molar-refractivity contribution in [3.63, 3.8) is 0 Å². The number of nitrogens with zero attached hydrogens (tertiary/aromatic N) is 1. The Morgan fingerprint density at radius 2 is 1.04 bits per heavy atom. The third-order valence-electron chi connectivity index (χ3n) is 18.2. The fourth-order valence-corrected chi connectivity index (χ4v) is 15.3. The van der Waals surface area contributed by atoms with Crippen LogP contribution in [0.2, 0.25) is 0 Å². The molecule has 1 nitrogen and oxygen atoms in total. The first-order chi connectivity index (χ1) is 27.2. The van der Waals surface area contributed by atoms with E-state index in [1.807, 2.05) is 0 Å². The molecule has 0 saturated heterocycles. The molecule has 0 amide bonds. The largest absolute Gasteiger partial charge is 0.310 e. The van der Waals surface area contributed by atoms with Crippen molar-refractivity contribution in [3.8, 4) is 22.3 Å². The maximum Gasteiger partial charge on any atom is 0.0549 e. The maximum atomic E-state index is 2.73. The summed E-state index contributed by atoms with van der Waals surface area (Å²) < 4.78 is 0. The van der Waals surface area contributed by atoms with E-state index in [0.29, 0.717) is 5.41 Å². The van der Waals surface area contributed by atoms with Crippen LogP contribution in [0.3, 0.4) is 0 Å². The third kappa shape index (κ3) is 4.27. The Kier molecular flexibility index (Phi) is 6.69. The van der Waals surface area contributed by atoms with Crippen LogP contribution in [0, 0.1) is 29.1 Å². The highest BCUT2D eigenvalue weighted by Gasteiger charge is 2.84. The van der Waals surface area contributed by atoms with E-state index in [-0.39, 0.29) is 27.1 Å². The molecule has 2 bridgehead atoms. The molecular formula is C56H61N. The summed E-state index contributed by atoms with van der Waals surface area (Å²) in [6, 6.07) is 41.6. The van der Waals surface area contributed by atoms with Gasteiger partial charge in [0.25, 0.3) is 0 Å². The van der Waals surface area contributed by atoms with Gasteiger partial charge in [0.1, 0.15) is 0 Å². The second-order valence-electron chi connectivity index (χ2n) is 22.7. The molecule has 4 fully saturated rings. The molecule has 5 aromatic carbocycles. The van der Waals surface area contributed by atoms with Gasteiger partial charge in [0.15, 0.2) is 0 Å². The van der Waals surface area contributed by atoms with Crippen LogP contribution in [0.5, 0.6) is 0 Å². The van der Waals surface area contributed by atoms with E-state index in [1.165, 1.54) is 113 Å². The zero-order valence-electron chi connectivity index (χ0n) is 35.7. The normalized spacial score (nSPS) is 31.6. The Hall–Kier alpha value is -4.10. The monoisotopic (exact) mass is 747 g/mol. The van der Waals surface area contributed by atoms with Crippen molar-refractivity contribution in [2.24, 2.45) is 29.1 Å². The minimum atomic E-state index is 0.113. The predicted octanol–water partition coefficient (Wildman–Crippen LogP) is 14.9. The van der Waals surface area contributed by atoms with Gasteiger partial charge in [-0.15, -0.1) is 0 Å². The second kappa shape index (κ2) is 10.9. The lowest BCUT2D eigenvalue weighted by atomic mass is 9.27. The van der Waals surface area contributed by atoms with E-state index in [9.17, 15) is 0 Å². The Morgan fingerprint density at radius 1 is 0.474 bits per heavy atom. The molecule has 2 spiro atoms. The predicted molar refractivity (Wildman–Crippen MR) is 238 cm³/mol. The van der Waals surface area contributed by atoms with Crippen molar-refractivity contribution in [1.29, 1.82) is 0 Å². The van der Waals surface area contributed by atoms with Crippen LogP contribution in [0.4, 0.5) is 17.1 Å². The summed E-state index contributed by atoms with van der Waals surface area (Å²) >= 11 is 0. The van der Waals surface area contributed by atoms with Gasteiger partial charge in [0, 0.05) is 22.4 Å². The molecular weight excluding hydrogens is 687 g/mol. The van der Waals surface area contributed by atoms with Crippen LogP contribution in [-0.2, 0) is 27.1 Å². The standard InChI is InChI=1S/C56H61N/c1-51(2)22-24-53(5,6)44-31-38(18-20-42(44)51)57(39-19-21-43-45(32-39)54(7,8)25-23-52(43,3)4)47-29-36(35-14-10-9-11-15-35)28-46-50(47)40-16-12-13-17-41(40)56(46)48-27-34-26-37-30-49(56)55(37,48)33-34/h9-21,28-29,31-32,34,37,48-49H,22-27,30,33H2,1-8H3. The van der Waals surface area contributed by atoms with Gasteiger partial charge in [-0.25, -0.2) is 0 Å². The van der Waals surface area contributed by atoms with Gasteiger partial charge in [-0.05, 0) is 189 Å². The molecule has 57 heavy (non-hydrogen) atoms. The lowest BCUT2D eigenvalue weighted by Gasteiger charge is -2.76. The Morgan fingerprint density at radius 3 is 1.65 bits per heavy atom. The zero-order chi connectivity index (χ0) is 39.1. The molecule has 7 aliphatic rings. The van der Waals surface area contributed by atoms with Crippen molar-refractivity contribution in [2.75, 3.05) is 4.90 Å². The highest BCUT2D eigenvalue weighted by atomic mass is 15.1. The molecule has 0 radical (unpaired) electrons. The molecule has 0 N–H and O–H groups in total. The SMILES string of the molecule is CC1(C)CCC(C)(C)c2cc(N(c3ccc4c(c3)C(C)(C)CCC4(C)C)c3cc(-c4ccccc4)cc4c3-c3ccccc3C43C4CC5CC6CC3C64C5)ccc21. The summed E-state index contributed by atoms with van der Waals surface area (Å²) in [5, 5.41) is 0. The van der Waals surface area contributed by atoms with Gasteiger partial charge < -0.3 is 4.90 Å². The maximum absolute atomic E-state index is 2.73. The molecule has 5 aromatic rings. The van der Waals surface area contributed by atoms with Gasteiger partial charge in [-0.1, -0.05) is 122 Å². The first kappa shape index (κ1) is 34.9. The number of benzene rings is 5. The van der Waals surface area contributed by atoms with Gasteiger partial charge in [0.05, 0.1) is 5.69 Å². The summed E-state index contributed by atoms with van der Waals surface area (Å²) in [5.74, 6) is 3.43. The highest BCUT2D eigenvalue weighted by molar-refractivity contribution is 5.98. The van der Waals surface area contributed by atoms with E-state index < -0.39 is 0 Å². The van der Waals surface area contributed by atoms with E-state index in [2.05, 4.69) is 163 Å². The van der Waals surface area contributed by atoms with Crippen molar-refractivity contribution >= 4 is 17.1 Å². The summed E-state index contributed by atoms with van der Waals surface area (Å²) in [4.78, 5) is 2.73. The van der Waals surface area contributed by atoms with Crippen molar-refractivity contribution < 1.29 is 0 Å². The van der Waals surface area contributed by atoms with Gasteiger partial charge in [-0.2, -0.15) is 0 Å². The Balaban J connectivity index is 1.17. The summed E-state index contributed by atoms with van der Waals surface area (Å²) in [5.41, 5.74) is 20.3. The fraction of sp³-hybridized carbons (Fsp3) is 0.464. The van der Waals surface area contributed by atoms with Gasteiger partial charge in [-0.3, -0.25) is 0 Å².